The maximum absolute atomic E-state index is 6.40. The Hall–Kier alpha value is -3.22. The van der Waals surface area contributed by atoms with Crippen molar-refractivity contribution in [1.29, 1.82) is 0 Å². The summed E-state index contributed by atoms with van der Waals surface area (Å²) in [7, 11) is 0. The highest BCUT2D eigenvalue weighted by molar-refractivity contribution is 5.71. The highest BCUT2D eigenvalue weighted by atomic mass is 15.0. The van der Waals surface area contributed by atoms with Crippen LogP contribution >= 0.6 is 0 Å². The third-order valence-corrected chi connectivity index (χ3v) is 7.29. The van der Waals surface area contributed by atoms with Crippen LogP contribution in [-0.2, 0) is 11.1 Å². The molecular weight excluding hydrogens is 396 g/mol. The Kier molecular flexibility index (Phi) is 4.35. The fraction of sp³-hybridized carbons (Fsp3) is 0.308. The molecule has 0 spiro atoms. The smallest absolute Gasteiger partial charge is 0.126 e. The van der Waals surface area contributed by atoms with Crippen LogP contribution in [0.15, 0.2) is 60.9 Å². The van der Waals surface area contributed by atoms with Crippen molar-refractivity contribution in [3.8, 4) is 33.6 Å². The van der Waals surface area contributed by atoms with E-state index in [1.165, 1.54) is 24.0 Å². The largest absolute Gasteiger partial charge is 0.346 e. The fourth-order valence-electron chi connectivity index (χ4n) is 4.71. The summed E-state index contributed by atoms with van der Waals surface area (Å²) in [6.07, 6.45) is 10.3. The van der Waals surface area contributed by atoms with Gasteiger partial charge in [-0.2, -0.15) is 0 Å². The number of H-pyrrole nitrogens is 2. The number of aromatic amines is 2. The molecule has 2 saturated carbocycles. The van der Waals surface area contributed by atoms with Crippen LogP contribution in [0.25, 0.3) is 33.6 Å². The molecule has 0 bridgehead atoms. The molecule has 0 unspecified atom stereocenters. The number of hydrogen-bond acceptors (Lipinski definition) is 4. The van der Waals surface area contributed by atoms with E-state index >= 15 is 0 Å². The molecule has 6 heteroatoms. The standard InChI is InChI=1S/C26H28N6/c27-25(11-1-12-25)23-29-15-21(31-23)19-7-3-17(4-8-19)18-5-9-20(10-6-18)22-16-30-24(32-22)26(28)13-2-14-26/h3-10,15-16H,1-2,11-14,27-28H2,(H,29,31)(H,30,32). The van der Waals surface area contributed by atoms with Gasteiger partial charge in [-0.05, 0) is 49.7 Å². The van der Waals surface area contributed by atoms with Crippen molar-refractivity contribution in [1.82, 2.24) is 19.9 Å². The Morgan fingerprint density at radius 2 is 0.906 bits per heavy atom. The SMILES string of the molecule is NC1(c2nc(-c3ccc(-c4ccc(-c5c[nH]c(C6(N)CCC6)n5)cc4)cc3)c[nH]2)CCC1. The summed E-state index contributed by atoms with van der Waals surface area (Å²) in [4.78, 5) is 16.1. The first kappa shape index (κ1) is 19.5. The number of aromatic nitrogens is 4. The van der Waals surface area contributed by atoms with Crippen molar-refractivity contribution < 1.29 is 0 Å². The molecule has 4 aromatic rings. The summed E-state index contributed by atoms with van der Waals surface area (Å²) in [5, 5.41) is 0. The minimum Gasteiger partial charge on any atom is -0.346 e. The molecular formula is C26H28N6. The van der Waals surface area contributed by atoms with Gasteiger partial charge in [-0.25, -0.2) is 9.97 Å². The van der Waals surface area contributed by atoms with Gasteiger partial charge in [-0.1, -0.05) is 48.5 Å². The predicted molar refractivity (Wildman–Crippen MR) is 126 cm³/mol. The summed E-state index contributed by atoms with van der Waals surface area (Å²) < 4.78 is 0. The maximum atomic E-state index is 6.40. The first-order valence-electron chi connectivity index (χ1n) is 11.4. The third-order valence-electron chi connectivity index (χ3n) is 7.29. The van der Waals surface area contributed by atoms with E-state index in [1.54, 1.807) is 0 Å². The van der Waals surface area contributed by atoms with Gasteiger partial charge in [0.05, 0.1) is 22.5 Å². The molecule has 0 aliphatic heterocycles. The molecule has 6 nitrogen and oxygen atoms in total. The Morgan fingerprint density at radius 1 is 0.562 bits per heavy atom. The molecule has 0 atom stereocenters. The van der Waals surface area contributed by atoms with Crippen molar-refractivity contribution in [2.45, 2.75) is 49.6 Å². The van der Waals surface area contributed by atoms with Crippen LogP contribution in [0.3, 0.4) is 0 Å². The normalized spacial score (nSPS) is 18.7. The molecule has 2 aliphatic carbocycles. The van der Waals surface area contributed by atoms with E-state index in [0.29, 0.717) is 0 Å². The third kappa shape index (κ3) is 3.18. The quantitative estimate of drug-likeness (QED) is 0.368. The zero-order chi connectivity index (χ0) is 21.8. The van der Waals surface area contributed by atoms with Crippen LogP contribution in [0.2, 0.25) is 0 Å². The van der Waals surface area contributed by atoms with Crippen molar-refractivity contribution >= 4 is 0 Å². The number of imidazole rings is 2. The monoisotopic (exact) mass is 424 g/mol. The number of nitrogens with one attached hydrogen (secondary N) is 2. The lowest BCUT2D eigenvalue weighted by molar-refractivity contribution is 0.240. The van der Waals surface area contributed by atoms with Crippen LogP contribution in [0.1, 0.15) is 50.2 Å². The van der Waals surface area contributed by atoms with Gasteiger partial charge in [-0.3, -0.25) is 0 Å². The molecule has 2 aromatic carbocycles. The molecule has 2 heterocycles. The second-order valence-electron chi connectivity index (χ2n) is 9.44. The van der Waals surface area contributed by atoms with Crippen molar-refractivity contribution in [3.63, 3.8) is 0 Å². The van der Waals surface area contributed by atoms with Crippen molar-refractivity contribution in [2.24, 2.45) is 11.5 Å². The lowest BCUT2D eigenvalue weighted by Crippen LogP contribution is -2.44. The summed E-state index contributed by atoms with van der Waals surface area (Å²) in [6.45, 7) is 0. The van der Waals surface area contributed by atoms with Crippen LogP contribution in [0.5, 0.6) is 0 Å². The molecule has 2 aliphatic rings. The molecule has 2 aromatic heterocycles. The highest BCUT2D eigenvalue weighted by Gasteiger charge is 2.38. The van der Waals surface area contributed by atoms with Crippen molar-refractivity contribution in [2.75, 3.05) is 0 Å². The van der Waals surface area contributed by atoms with E-state index in [9.17, 15) is 0 Å². The first-order valence-corrected chi connectivity index (χ1v) is 11.4. The van der Waals surface area contributed by atoms with Crippen LogP contribution in [0.4, 0.5) is 0 Å². The Morgan fingerprint density at radius 3 is 1.22 bits per heavy atom. The van der Waals surface area contributed by atoms with Gasteiger partial charge in [0.15, 0.2) is 0 Å². The predicted octanol–water partition coefficient (Wildman–Crippen LogP) is 4.81. The van der Waals surface area contributed by atoms with E-state index in [2.05, 4.69) is 58.5 Å². The van der Waals surface area contributed by atoms with E-state index in [4.69, 9.17) is 21.4 Å². The topological polar surface area (TPSA) is 109 Å². The summed E-state index contributed by atoms with van der Waals surface area (Å²) in [6, 6.07) is 17.0. The Bertz CT molecular complexity index is 1140. The number of rotatable bonds is 5. The van der Waals surface area contributed by atoms with Crippen molar-refractivity contribution in [3.05, 3.63) is 72.6 Å². The Balaban J connectivity index is 1.19. The lowest BCUT2D eigenvalue weighted by atomic mass is 9.77. The summed E-state index contributed by atoms with van der Waals surface area (Å²) in [5.74, 6) is 1.80. The number of nitrogens with two attached hydrogens (primary N) is 2. The second-order valence-corrected chi connectivity index (χ2v) is 9.44. The van der Waals surface area contributed by atoms with Gasteiger partial charge in [0, 0.05) is 23.5 Å². The number of benzene rings is 2. The first-order chi connectivity index (χ1) is 15.5. The molecule has 6 N–H and O–H groups in total. The van der Waals surface area contributed by atoms with Crippen LogP contribution < -0.4 is 11.5 Å². The molecule has 32 heavy (non-hydrogen) atoms. The van der Waals surface area contributed by atoms with Gasteiger partial charge < -0.3 is 21.4 Å². The number of hydrogen-bond donors (Lipinski definition) is 4. The molecule has 0 radical (unpaired) electrons. The lowest BCUT2D eigenvalue weighted by Gasteiger charge is -2.35. The summed E-state index contributed by atoms with van der Waals surface area (Å²) in [5.41, 5.74) is 18.7. The average molecular weight is 425 g/mol. The number of nitrogens with zero attached hydrogens (tertiary/aromatic N) is 2. The zero-order valence-corrected chi connectivity index (χ0v) is 18.1. The highest BCUT2D eigenvalue weighted by Crippen LogP contribution is 2.39. The van der Waals surface area contributed by atoms with E-state index in [1.807, 2.05) is 12.4 Å². The Labute approximate surface area is 187 Å². The van der Waals surface area contributed by atoms with Gasteiger partial charge in [0.25, 0.3) is 0 Å². The zero-order valence-electron chi connectivity index (χ0n) is 18.1. The van der Waals surface area contributed by atoms with Crippen LogP contribution in [-0.4, -0.2) is 19.9 Å². The maximum Gasteiger partial charge on any atom is 0.126 e. The molecule has 6 rings (SSSR count). The van der Waals surface area contributed by atoms with Gasteiger partial charge in [-0.15, -0.1) is 0 Å². The van der Waals surface area contributed by atoms with Gasteiger partial charge in [0.1, 0.15) is 11.6 Å². The summed E-state index contributed by atoms with van der Waals surface area (Å²) >= 11 is 0. The minimum absolute atomic E-state index is 0.266. The molecule has 2 fully saturated rings. The van der Waals surface area contributed by atoms with E-state index in [-0.39, 0.29) is 11.1 Å². The van der Waals surface area contributed by atoms with E-state index < -0.39 is 0 Å². The van der Waals surface area contributed by atoms with Gasteiger partial charge in [0.2, 0.25) is 0 Å². The second kappa shape index (κ2) is 7.15. The van der Waals surface area contributed by atoms with E-state index in [0.717, 1.165) is 59.8 Å². The van der Waals surface area contributed by atoms with Crippen LogP contribution in [0, 0.1) is 0 Å². The molecule has 0 amide bonds. The fourth-order valence-corrected chi connectivity index (χ4v) is 4.71. The molecule has 0 saturated heterocycles. The minimum atomic E-state index is -0.266. The van der Waals surface area contributed by atoms with Gasteiger partial charge >= 0.3 is 0 Å². The molecule has 162 valence electrons. The average Bonchev–Trinajstić information content (AvgIpc) is 3.47.